The monoisotopic (exact) mass is 1100 g/mol. The van der Waals surface area contributed by atoms with E-state index in [0.717, 1.165) is 0 Å². The first-order valence-electron chi connectivity index (χ1n) is 25.4. The average molecular weight is 1110 g/mol. The van der Waals surface area contributed by atoms with E-state index in [-0.39, 0.29) is 69.2 Å². The minimum absolute atomic E-state index is 0.000535. The first-order chi connectivity index (χ1) is 37.1. The number of carbonyl (C=O) groups excluding carboxylic acids is 8. The van der Waals surface area contributed by atoms with Crippen molar-refractivity contribution in [2.45, 2.75) is 133 Å². The molecule has 2 aromatic carbocycles. The topological polar surface area (TPSA) is 418 Å². The van der Waals surface area contributed by atoms with Gasteiger partial charge in [-0.2, -0.15) is 12.6 Å². The number of aliphatic imine (C=N–C) groups is 1. The van der Waals surface area contributed by atoms with E-state index >= 15 is 0 Å². The number of hydrogen-bond acceptors (Lipinski definition) is 14. The summed E-state index contributed by atoms with van der Waals surface area (Å²) in [4.78, 5) is 147. The lowest BCUT2D eigenvalue weighted by Crippen LogP contribution is -2.60. The number of carboxylic acid groups (broad SMARTS) is 2. The lowest BCUT2D eigenvalue weighted by Gasteiger charge is -2.31. The molecule has 0 radical (unpaired) electrons. The van der Waals surface area contributed by atoms with E-state index in [1.165, 1.54) is 24.3 Å². The predicted molar refractivity (Wildman–Crippen MR) is 288 cm³/mol. The van der Waals surface area contributed by atoms with Crippen molar-refractivity contribution >= 4 is 77.8 Å². The van der Waals surface area contributed by atoms with Crippen molar-refractivity contribution in [2.75, 3.05) is 18.8 Å². The minimum atomic E-state index is -1.83. The summed E-state index contributed by atoms with van der Waals surface area (Å²) >= 11 is 4.23. The van der Waals surface area contributed by atoms with Gasteiger partial charge in [-0.25, -0.2) is 9.78 Å². The zero-order valence-corrected chi connectivity index (χ0v) is 44.6. The van der Waals surface area contributed by atoms with Crippen LogP contribution in [0.1, 0.15) is 76.1 Å². The van der Waals surface area contributed by atoms with E-state index in [4.69, 9.17) is 17.2 Å². The number of H-pyrrole nitrogens is 1. The Morgan fingerprint density at radius 1 is 0.705 bits per heavy atom. The van der Waals surface area contributed by atoms with Crippen LogP contribution in [0, 0.1) is 5.92 Å². The zero-order valence-electron chi connectivity index (χ0n) is 43.7. The highest BCUT2D eigenvalue weighted by Crippen LogP contribution is 2.21. The van der Waals surface area contributed by atoms with Gasteiger partial charge >= 0.3 is 11.9 Å². The number of hydrogen-bond donors (Lipinski definition) is 14. The second-order valence-corrected chi connectivity index (χ2v) is 19.6. The predicted octanol–water partition coefficient (Wildman–Crippen LogP) is -2.24. The van der Waals surface area contributed by atoms with Crippen molar-refractivity contribution in [3.05, 3.63) is 90.0 Å². The van der Waals surface area contributed by atoms with Gasteiger partial charge in [0, 0.05) is 50.0 Å². The molecule has 0 unspecified atom stereocenters. The van der Waals surface area contributed by atoms with Gasteiger partial charge in [0.05, 0.1) is 18.8 Å². The Kier molecular flexibility index (Phi) is 25.0. The molecule has 0 bridgehead atoms. The Hall–Kier alpha value is -8.07. The number of aromatic amines is 1. The number of carbonyl (C=O) groups is 10. The van der Waals surface area contributed by atoms with E-state index in [1.807, 2.05) is 0 Å². The van der Waals surface area contributed by atoms with E-state index in [0.29, 0.717) is 29.7 Å². The van der Waals surface area contributed by atoms with Gasteiger partial charge in [-0.3, -0.25) is 48.1 Å². The Morgan fingerprint density at radius 3 is 1.78 bits per heavy atom. The largest absolute Gasteiger partial charge is 0.481 e. The van der Waals surface area contributed by atoms with Crippen LogP contribution in [0.25, 0.3) is 0 Å². The van der Waals surface area contributed by atoms with Crippen LogP contribution in [0.3, 0.4) is 0 Å². The van der Waals surface area contributed by atoms with Crippen LogP contribution in [0.5, 0.6) is 0 Å². The zero-order chi connectivity index (χ0) is 57.5. The molecule has 78 heavy (non-hydrogen) atoms. The van der Waals surface area contributed by atoms with Crippen LogP contribution in [-0.4, -0.2) is 163 Å². The first kappa shape index (κ1) is 62.5. The van der Waals surface area contributed by atoms with Crippen LogP contribution in [0.15, 0.2) is 78.2 Å². The van der Waals surface area contributed by atoms with E-state index in [2.05, 4.69) is 64.8 Å². The molecule has 0 spiro atoms. The third-order valence-electron chi connectivity index (χ3n) is 12.5. The molecule has 26 nitrogen and oxygen atoms in total. The summed E-state index contributed by atoms with van der Waals surface area (Å²) in [6.45, 7) is 5.09. The van der Waals surface area contributed by atoms with Gasteiger partial charge < -0.3 is 74.5 Å². The summed E-state index contributed by atoms with van der Waals surface area (Å²) in [7, 11) is 0. The molecule has 4 rings (SSSR count). The molecule has 424 valence electrons. The fourth-order valence-corrected chi connectivity index (χ4v) is 8.66. The Labute approximate surface area is 456 Å². The molecule has 27 heteroatoms. The molecule has 1 aromatic heterocycles. The molecule has 0 saturated carbocycles. The van der Waals surface area contributed by atoms with Gasteiger partial charge in [-0.05, 0) is 56.1 Å². The van der Waals surface area contributed by atoms with Gasteiger partial charge in [-0.1, -0.05) is 74.5 Å². The normalized spacial score (nSPS) is 16.1. The van der Waals surface area contributed by atoms with Crippen LogP contribution in [-0.2, 0) is 67.2 Å². The number of aliphatic carboxylic acids is 2. The second-order valence-electron chi connectivity index (χ2n) is 19.3. The molecule has 0 aliphatic carbocycles. The van der Waals surface area contributed by atoms with Gasteiger partial charge in [0.2, 0.25) is 47.3 Å². The number of thiol groups is 1. The number of nitrogens with two attached hydrogens (primary N) is 3. The van der Waals surface area contributed by atoms with Gasteiger partial charge in [0.1, 0.15) is 48.3 Å². The maximum Gasteiger partial charge on any atom is 0.326 e. The van der Waals surface area contributed by atoms with Crippen molar-refractivity contribution in [1.82, 2.24) is 52.1 Å². The first-order valence-corrected chi connectivity index (χ1v) is 26.0. The fraction of sp³-hybridized carbons (Fsp3) is 0.490. The summed E-state index contributed by atoms with van der Waals surface area (Å²) in [6.07, 6.45) is 2.63. The Balaban J connectivity index is 1.47. The molecule has 16 N–H and O–H groups in total. The highest BCUT2D eigenvalue weighted by molar-refractivity contribution is 7.80. The molecule has 2 heterocycles. The van der Waals surface area contributed by atoms with Crippen LogP contribution in [0.2, 0.25) is 0 Å². The molecule has 1 aliphatic rings. The van der Waals surface area contributed by atoms with Crippen molar-refractivity contribution in [1.29, 1.82) is 0 Å². The molecular formula is C51H72N14O12S. The van der Waals surface area contributed by atoms with Crippen LogP contribution < -0.4 is 54.4 Å². The van der Waals surface area contributed by atoms with Crippen molar-refractivity contribution < 1.29 is 58.2 Å². The molecule has 1 saturated heterocycles. The number of imidazole rings is 1. The Bertz CT molecular complexity index is 2550. The number of benzene rings is 2. The molecule has 9 atom stereocenters. The third-order valence-corrected chi connectivity index (χ3v) is 12.8. The molecular weight excluding hydrogens is 1030 g/mol. The average Bonchev–Trinajstić information content (AvgIpc) is 4.12. The third kappa shape index (κ3) is 20.5. The highest BCUT2D eigenvalue weighted by Gasteiger charge is 2.41. The summed E-state index contributed by atoms with van der Waals surface area (Å²) in [5.41, 5.74) is 18.5. The minimum Gasteiger partial charge on any atom is -0.481 e. The Morgan fingerprint density at radius 2 is 1.24 bits per heavy atom. The van der Waals surface area contributed by atoms with Gasteiger partial charge in [0.15, 0.2) is 5.96 Å². The van der Waals surface area contributed by atoms with Crippen LogP contribution in [0.4, 0.5) is 0 Å². The molecule has 3 aromatic rings. The summed E-state index contributed by atoms with van der Waals surface area (Å²) in [5.74, 6) is -10.00. The summed E-state index contributed by atoms with van der Waals surface area (Å²) in [6, 6.07) is 5.33. The maximum atomic E-state index is 14.5. The molecule has 1 fully saturated rings. The van der Waals surface area contributed by atoms with Crippen LogP contribution >= 0.6 is 12.6 Å². The van der Waals surface area contributed by atoms with E-state index in [1.54, 1.807) is 74.5 Å². The quantitative estimate of drug-likeness (QED) is 0.0140. The molecule has 1 aliphatic heterocycles. The number of nitrogens with one attached hydrogen (secondary N) is 8. The maximum absolute atomic E-state index is 14.5. The number of carboxylic acids is 2. The number of nitrogens with zero attached hydrogens (tertiary/aromatic N) is 3. The van der Waals surface area contributed by atoms with Crippen molar-refractivity contribution in [2.24, 2.45) is 28.1 Å². The smallest absolute Gasteiger partial charge is 0.326 e. The number of guanidine groups is 1. The van der Waals surface area contributed by atoms with Gasteiger partial charge in [-0.15, -0.1) is 0 Å². The summed E-state index contributed by atoms with van der Waals surface area (Å²) in [5, 5.41) is 37.4. The van der Waals surface area contributed by atoms with Crippen molar-refractivity contribution in [3.63, 3.8) is 0 Å². The van der Waals surface area contributed by atoms with E-state index < -0.39 is 120 Å². The highest BCUT2D eigenvalue weighted by atomic mass is 32.1. The van der Waals surface area contributed by atoms with E-state index in [9.17, 15) is 58.2 Å². The summed E-state index contributed by atoms with van der Waals surface area (Å²) < 4.78 is 0. The lowest BCUT2D eigenvalue weighted by molar-refractivity contribution is -0.144. The number of aromatic nitrogens is 2. The second kappa shape index (κ2) is 31.2. The van der Waals surface area contributed by atoms with Crippen molar-refractivity contribution in [3.8, 4) is 0 Å². The molecule has 8 amide bonds. The number of rotatable bonds is 31. The van der Waals surface area contributed by atoms with Gasteiger partial charge in [0.25, 0.3) is 0 Å². The lowest BCUT2D eigenvalue weighted by atomic mass is 10.0. The number of likely N-dealkylation sites (tertiary alicyclic amines) is 1. The number of amides is 8. The fourth-order valence-electron chi connectivity index (χ4n) is 8.40. The standard InChI is InChI=1S/C51H72N14O12S/c1-28(2)20-38(50(76)77)63-44(70)35(22-31-14-8-5-9-15-31)61-48(74)40-17-11-19-65(40)49(75)37(23-32-25-55-27-57-32)62-46(72)36(24-41(66)67)59-42(68)29(3)58-47(73)39(26-78)64-45(71)34(21-30-12-6-4-7-13-30)60-43(69)33(52)16-10-18-56-51(53)54/h4-9,12-15,25,27-29,33-40,78H,10-11,16-24,26,52H2,1-3H3,(H,55,57)(H,58,73)(H,59,68)(H,60,69)(H,61,74)(H,62,72)(H,63,70)(H,64,71)(H,66,67)(H,76,77)(H4,53,54,56)/t29-,33-,34-,35-,36-,37-,38-,39-,40-/m0/s1. The SMILES string of the molecule is CC(C)C[C@H](NC(=O)[C@H](Cc1ccccc1)NC(=O)[C@@H]1CCCN1C(=O)[C@H](Cc1cnc[nH]1)NC(=O)[C@H](CC(=O)O)NC(=O)[C@H](C)NC(=O)[C@H](CS)NC(=O)[C@H](Cc1ccccc1)NC(=O)[C@@H](N)CCCN=C(N)N)C(=O)O.